The molecule has 6 nitrogen and oxygen atoms in total. The number of carbonyl (C=O) groups excluding carboxylic acids is 1. The van der Waals surface area contributed by atoms with Gasteiger partial charge < -0.3 is 10.4 Å². The fourth-order valence-electron chi connectivity index (χ4n) is 2.06. The molecular weight excluding hydrogens is 268 g/mol. The van der Waals surface area contributed by atoms with E-state index in [1.807, 2.05) is 37.3 Å². The van der Waals surface area contributed by atoms with E-state index >= 15 is 0 Å². The summed E-state index contributed by atoms with van der Waals surface area (Å²) in [6.45, 7) is 1.90. The van der Waals surface area contributed by atoms with Gasteiger partial charge in [0.25, 0.3) is 5.91 Å². The monoisotopic (exact) mass is 288 g/mol. The van der Waals surface area contributed by atoms with Crippen molar-refractivity contribution in [2.24, 2.45) is 0 Å². The molecule has 0 bridgehead atoms. The molecule has 0 aliphatic carbocycles. The minimum absolute atomic E-state index is 0.116. The van der Waals surface area contributed by atoms with Gasteiger partial charge in [-0.25, -0.2) is 4.98 Å². The first kappa shape index (κ1) is 15.2. The fourth-order valence-corrected chi connectivity index (χ4v) is 2.06. The summed E-state index contributed by atoms with van der Waals surface area (Å²) in [6, 6.07) is 9.35. The highest BCUT2D eigenvalue weighted by molar-refractivity contribution is 5.90. The first-order chi connectivity index (χ1) is 10.2. The Hall–Kier alpha value is -2.21. The molecule has 21 heavy (non-hydrogen) atoms. The Morgan fingerprint density at radius 1 is 1.38 bits per heavy atom. The van der Waals surface area contributed by atoms with Crippen LogP contribution >= 0.6 is 0 Å². The minimum atomic E-state index is -0.372. The molecule has 0 aliphatic heterocycles. The Morgan fingerprint density at radius 3 is 2.81 bits per heavy atom. The van der Waals surface area contributed by atoms with Crippen molar-refractivity contribution in [2.75, 3.05) is 6.61 Å². The number of H-pyrrole nitrogens is 1. The molecule has 1 heterocycles. The van der Waals surface area contributed by atoms with Gasteiger partial charge in [0.05, 0.1) is 12.6 Å². The van der Waals surface area contributed by atoms with Gasteiger partial charge in [-0.3, -0.25) is 9.89 Å². The zero-order valence-corrected chi connectivity index (χ0v) is 12.0. The summed E-state index contributed by atoms with van der Waals surface area (Å²) in [5.74, 6) is 0.444. The summed E-state index contributed by atoms with van der Waals surface area (Å²) in [4.78, 5) is 16.2. The number of nitrogens with one attached hydrogen (secondary N) is 2. The molecule has 2 rings (SSSR count). The normalized spacial score (nSPS) is 12.1. The summed E-state index contributed by atoms with van der Waals surface area (Å²) < 4.78 is 0. The molecule has 1 aromatic carbocycles. The lowest BCUT2D eigenvalue weighted by Gasteiger charge is -2.15. The maximum Gasteiger partial charge on any atom is 0.291 e. The van der Waals surface area contributed by atoms with Gasteiger partial charge >= 0.3 is 0 Å². The number of hydrogen-bond acceptors (Lipinski definition) is 4. The number of rotatable bonds is 7. The summed E-state index contributed by atoms with van der Waals surface area (Å²) in [7, 11) is 0. The molecule has 0 fully saturated rings. The highest BCUT2D eigenvalue weighted by atomic mass is 16.3. The van der Waals surface area contributed by atoms with E-state index in [-0.39, 0.29) is 24.4 Å². The molecule has 1 atom stereocenters. The summed E-state index contributed by atoms with van der Waals surface area (Å²) >= 11 is 0. The van der Waals surface area contributed by atoms with Crippen LogP contribution in [0, 0.1) is 0 Å². The number of aromatic nitrogens is 3. The smallest absolute Gasteiger partial charge is 0.291 e. The maximum atomic E-state index is 12.1. The molecule has 1 amide bonds. The predicted molar refractivity (Wildman–Crippen MR) is 78.9 cm³/mol. The summed E-state index contributed by atoms with van der Waals surface area (Å²) in [5.41, 5.74) is 1.05. The van der Waals surface area contributed by atoms with Gasteiger partial charge in [-0.05, 0) is 18.4 Å². The zero-order valence-electron chi connectivity index (χ0n) is 12.0. The molecule has 6 heteroatoms. The average Bonchev–Trinajstić information content (AvgIpc) is 2.97. The molecular formula is C15H20N4O2. The number of amides is 1. The third-order valence-electron chi connectivity index (χ3n) is 3.10. The van der Waals surface area contributed by atoms with E-state index in [0.717, 1.165) is 18.4 Å². The Bertz CT molecular complexity index is 568. The Morgan fingerprint density at radius 2 is 2.14 bits per heavy atom. The second-order valence-electron chi connectivity index (χ2n) is 4.90. The van der Waals surface area contributed by atoms with E-state index in [1.54, 1.807) is 0 Å². The van der Waals surface area contributed by atoms with E-state index < -0.39 is 0 Å². The van der Waals surface area contributed by atoms with Crippen LogP contribution in [0.5, 0.6) is 0 Å². The number of hydrogen-bond donors (Lipinski definition) is 3. The van der Waals surface area contributed by atoms with Gasteiger partial charge in [-0.15, -0.1) is 5.10 Å². The first-order valence-electron chi connectivity index (χ1n) is 7.09. The van der Waals surface area contributed by atoms with Gasteiger partial charge in [0.15, 0.2) is 0 Å². The molecule has 0 aliphatic rings. The van der Waals surface area contributed by atoms with Gasteiger partial charge in [0.1, 0.15) is 5.82 Å². The molecule has 0 unspecified atom stereocenters. The first-order valence-corrected chi connectivity index (χ1v) is 7.09. The fraction of sp³-hybridized carbons (Fsp3) is 0.400. The lowest BCUT2D eigenvalue weighted by atomic mass is 10.1. The van der Waals surface area contributed by atoms with E-state index in [0.29, 0.717) is 12.2 Å². The van der Waals surface area contributed by atoms with Crippen LogP contribution in [0.1, 0.15) is 35.4 Å². The van der Waals surface area contributed by atoms with Crippen LogP contribution in [-0.2, 0) is 12.8 Å². The highest BCUT2D eigenvalue weighted by Gasteiger charge is 2.17. The van der Waals surface area contributed by atoms with Crippen molar-refractivity contribution in [3.63, 3.8) is 0 Å². The van der Waals surface area contributed by atoms with Crippen molar-refractivity contribution in [3.8, 4) is 0 Å². The van der Waals surface area contributed by atoms with Crippen LogP contribution in [0.25, 0.3) is 0 Å². The van der Waals surface area contributed by atoms with Gasteiger partial charge in [-0.1, -0.05) is 37.3 Å². The largest absolute Gasteiger partial charge is 0.394 e. The third-order valence-corrected chi connectivity index (χ3v) is 3.10. The second-order valence-corrected chi connectivity index (χ2v) is 4.90. The van der Waals surface area contributed by atoms with Crippen molar-refractivity contribution in [3.05, 3.63) is 47.5 Å². The van der Waals surface area contributed by atoms with E-state index in [2.05, 4.69) is 20.5 Å². The van der Waals surface area contributed by atoms with E-state index in [9.17, 15) is 9.90 Å². The predicted octanol–water partition coefficient (Wildman–Crippen LogP) is 1.09. The second kappa shape index (κ2) is 7.54. The molecule has 0 radical (unpaired) electrons. The van der Waals surface area contributed by atoms with Crippen molar-refractivity contribution >= 4 is 5.91 Å². The standard InChI is InChI=1S/C15H20N4O2/c1-2-6-13-17-14(19-18-13)15(21)16-12(10-20)9-11-7-4-3-5-8-11/h3-5,7-8,12,20H,2,6,9-10H2,1H3,(H,16,21)(H,17,18,19)/t12-/m0/s1. The molecule has 1 aromatic heterocycles. The Labute approximate surface area is 123 Å². The molecule has 0 spiro atoms. The topological polar surface area (TPSA) is 90.9 Å². The quantitative estimate of drug-likeness (QED) is 0.711. The van der Waals surface area contributed by atoms with Crippen molar-refractivity contribution in [2.45, 2.75) is 32.2 Å². The van der Waals surface area contributed by atoms with Crippen molar-refractivity contribution < 1.29 is 9.90 Å². The SMILES string of the molecule is CCCc1nc(C(=O)N[C@H](CO)Cc2ccccc2)n[nH]1. The van der Waals surface area contributed by atoms with Crippen molar-refractivity contribution in [1.29, 1.82) is 0 Å². The number of carbonyl (C=O) groups is 1. The van der Waals surface area contributed by atoms with Crippen LogP contribution in [-0.4, -0.2) is 38.8 Å². The number of aromatic amines is 1. The third kappa shape index (κ3) is 4.39. The number of nitrogens with zero attached hydrogens (tertiary/aromatic N) is 2. The highest BCUT2D eigenvalue weighted by Crippen LogP contribution is 2.04. The van der Waals surface area contributed by atoms with Gasteiger partial charge in [0, 0.05) is 6.42 Å². The number of benzene rings is 1. The summed E-state index contributed by atoms with van der Waals surface area (Å²) in [5, 5.41) is 18.8. The summed E-state index contributed by atoms with van der Waals surface area (Å²) in [6.07, 6.45) is 2.26. The maximum absolute atomic E-state index is 12.1. The van der Waals surface area contributed by atoms with E-state index in [4.69, 9.17) is 0 Å². The lowest BCUT2D eigenvalue weighted by Crippen LogP contribution is -2.39. The van der Waals surface area contributed by atoms with Crippen molar-refractivity contribution in [1.82, 2.24) is 20.5 Å². The lowest BCUT2D eigenvalue weighted by molar-refractivity contribution is 0.0906. The van der Waals surface area contributed by atoms with Crippen LogP contribution < -0.4 is 5.32 Å². The van der Waals surface area contributed by atoms with Crippen LogP contribution in [0.15, 0.2) is 30.3 Å². The van der Waals surface area contributed by atoms with Crippen LogP contribution in [0.4, 0.5) is 0 Å². The molecule has 112 valence electrons. The van der Waals surface area contributed by atoms with Gasteiger partial charge in [0.2, 0.25) is 5.82 Å². The van der Waals surface area contributed by atoms with E-state index in [1.165, 1.54) is 0 Å². The minimum Gasteiger partial charge on any atom is -0.394 e. The molecule has 0 saturated heterocycles. The Balaban J connectivity index is 1.95. The molecule has 0 saturated carbocycles. The zero-order chi connectivity index (χ0) is 15.1. The number of aliphatic hydroxyl groups is 1. The Kier molecular flexibility index (Phi) is 5.45. The number of aryl methyl sites for hydroxylation is 1. The molecule has 3 N–H and O–H groups in total. The average molecular weight is 288 g/mol. The van der Waals surface area contributed by atoms with Crippen LogP contribution in [0.3, 0.4) is 0 Å². The van der Waals surface area contributed by atoms with Crippen LogP contribution in [0.2, 0.25) is 0 Å². The molecule has 2 aromatic rings. The number of aliphatic hydroxyl groups excluding tert-OH is 1. The van der Waals surface area contributed by atoms with Gasteiger partial charge in [-0.2, -0.15) is 0 Å².